The summed E-state index contributed by atoms with van der Waals surface area (Å²) in [7, 11) is 1.73. The first-order valence-corrected chi connectivity index (χ1v) is 7.25. The maximum absolute atomic E-state index is 12.3. The van der Waals surface area contributed by atoms with E-state index in [0.717, 1.165) is 17.0 Å². The second kappa shape index (κ2) is 5.69. The predicted octanol–water partition coefficient (Wildman–Crippen LogP) is 1.91. The Hall–Kier alpha value is -1.43. The molecule has 1 aliphatic rings. The Morgan fingerprint density at radius 3 is 2.74 bits per heavy atom. The first-order chi connectivity index (χ1) is 9.00. The Balaban J connectivity index is 2.03. The number of aryl methyl sites for hydroxylation is 1. The zero-order valence-corrected chi connectivity index (χ0v) is 11.9. The number of rotatable bonds is 4. The molecule has 0 spiro atoms. The van der Waals surface area contributed by atoms with Crippen molar-refractivity contribution in [3.8, 4) is 0 Å². The lowest BCUT2D eigenvalue weighted by Gasteiger charge is -2.23. The van der Waals surface area contributed by atoms with Crippen LogP contribution in [0, 0.1) is 18.8 Å². The Bertz CT molecular complexity index is 486. The summed E-state index contributed by atoms with van der Waals surface area (Å²) in [6.45, 7) is 2.43. The third kappa shape index (κ3) is 2.94. The van der Waals surface area contributed by atoms with Crippen molar-refractivity contribution in [2.75, 3.05) is 7.05 Å². The minimum atomic E-state index is -0.849. The van der Waals surface area contributed by atoms with Gasteiger partial charge in [-0.15, -0.1) is 11.3 Å². The van der Waals surface area contributed by atoms with Crippen LogP contribution in [-0.4, -0.2) is 33.9 Å². The van der Waals surface area contributed by atoms with Crippen molar-refractivity contribution in [3.63, 3.8) is 0 Å². The summed E-state index contributed by atoms with van der Waals surface area (Å²) in [6, 6.07) is 0. The van der Waals surface area contributed by atoms with Gasteiger partial charge in [-0.25, -0.2) is 4.98 Å². The van der Waals surface area contributed by atoms with E-state index >= 15 is 0 Å². The Morgan fingerprint density at radius 2 is 2.16 bits per heavy atom. The first-order valence-electron chi connectivity index (χ1n) is 6.37. The standard InChI is InChI=1S/C13H18N2O3S/c1-8-11(19-7-14-8)6-15(2)12(16)9-4-3-5-10(9)13(17)18/h7,9-10H,3-6H2,1-2H3,(H,17,18)/t9-,10+/m1/s1. The molecule has 1 aromatic heterocycles. The maximum Gasteiger partial charge on any atom is 0.307 e. The zero-order chi connectivity index (χ0) is 14.0. The number of nitrogens with zero attached hydrogens (tertiary/aromatic N) is 2. The average Bonchev–Trinajstić information content (AvgIpc) is 2.98. The summed E-state index contributed by atoms with van der Waals surface area (Å²) in [5.41, 5.74) is 2.70. The number of hydrogen-bond donors (Lipinski definition) is 1. The molecule has 0 unspecified atom stereocenters. The van der Waals surface area contributed by atoms with Gasteiger partial charge in [0.2, 0.25) is 5.91 Å². The molecule has 1 heterocycles. The highest BCUT2D eigenvalue weighted by Gasteiger charge is 2.39. The molecule has 1 aromatic rings. The Kier molecular flexibility index (Phi) is 4.19. The van der Waals surface area contributed by atoms with Crippen LogP contribution in [-0.2, 0) is 16.1 Å². The SMILES string of the molecule is Cc1ncsc1CN(C)C(=O)[C@@H]1CCC[C@@H]1C(=O)O. The molecule has 1 N–H and O–H groups in total. The van der Waals surface area contributed by atoms with Gasteiger partial charge in [0, 0.05) is 11.9 Å². The lowest BCUT2D eigenvalue weighted by Crippen LogP contribution is -2.36. The molecular weight excluding hydrogens is 264 g/mol. The van der Waals surface area contributed by atoms with E-state index in [-0.39, 0.29) is 11.8 Å². The molecule has 2 rings (SSSR count). The van der Waals surface area contributed by atoms with E-state index in [1.807, 2.05) is 6.92 Å². The average molecular weight is 282 g/mol. The monoisotopic (exact) mass is 282 g/mol. The fraction of sp³-hybridized carbons (Fsp3) is 0.615. The minimum Gasteiger partial charge on any atom is -0.481 e. The van der Waals surface area contributed by atoms with Gasteiger partial charge in [-0.1, -0.05) is 6.42 Å². The number of carbonyl (C=O) groups excluding carboxylic acids is 1. The molecule has 19 heavy (non-hydrogen) atoms. The number of hydrogen-bond acceptors (Lipinski definition) is 4. The van der Waals surface area contributed by atoms with Crippen LogP contribution in [0.1, 0.15) is 29.8 Å². The topological polar surface area (TPSA) is 70.5 Å². The molecule has 1 amide bonds. The van der Waals surface area contributed by atoms with Crippen molar-refractivity contribution in [1.82, 2.24) is 9.88 Å². The zero-order valence-electron chi connectivity index (χ0n) is 11.1. The van der Waals surface area contributed by atoms with Crippen molar-refractivity contribution in [3.05, 3.63) is 16.1 Å². The van der Waals surface area contributed by atoms with Crippen LogP contribution in [0.2, 0.25) is 0 Å². The van der Waals surface area contributed by atoms with Gasteiger partial charge in [-0.2, -0.15) is 0 Å². The number of aliphatic carboxylic acids is 1. The van der Waals surface area contributed by atoms with E-state index in [0.29, 0.717) is 19.4 Å². The maximum atomic E-state index is 12.3. The summed E-state index contributed by atoms with van der Waals surface area (Å²) in [4.78, 5) is 30.3. The normalized spacial score (nSPS) is 22.4. The van der Waals surface area contributed by atoms with Crippen molar-refractivity contribution >= 4 is 23.2 Å². The fourth-order valence-corrected chi connectivity index (χ4v) is 3.44. The largest absolute Gasteiger partial charge is 0.481 e. The van der Waals surface area contributed by atoms with E-state index in [4.69, 9.17) is 5.11 Å². The van der Waals surface area contributed by atoms with E-state index in [1.54, 1.807) is 17.5 Å². The van der Waals surface area contributed by atoms with E-state index in [9.17, 15) is 9.59 Å². The molecule has 0 bridgehead atoms. The molecule has 0 aliphatic heterocycles. The van der Waals surface area contributed by atoms with Gasteiger partial charge in [0.1, 0.15) is 0 Å². The van der Waals surface area contributed by atoms with Gasteiger partial charge in [-0.05, 0) is 19.8 Å². The number of carbonyl (C=O) groups is 2. The third-order valence-electron chi connectivity index (χ3n) is 3.75. The number of thiazole rings is 1. The summed E-state index contributed by atoms with van der Waals surface area (Å²) in [5.74, 6) is -1.79. The molecule has 1 fully saturated rings. The van der Waals surface area contributed by atoms with Crippen molar-refractivity contribution in [2.45, 2.75) is 32.7 Å². The molecule has 2 atom stereocenters. The highest BCUT2D eigenvalue weighted by atomic mass is 32.1. The van der Waals surface area contributed by atoms with Gasteiger partial charge in [0.15, 0.2) is 0 Å². The second-order valence-electron chi connectivity index (χ2n) is 5.04. The summed E-state index contributed by atoms with van der Waals surface area (Å²) >= 11 is 1.52. The number of carboxylic acid groups (broad SMARTS) is 1. The second-order valence-corrected chi connectivity index (χ2v) is 5.98. The molecule has 0 radical (unpaired) electrons. The summed E-state index contributed by atoms with van der Waals surface area (Å²) in [6.07, 6.45) is 2.11. The smallest absolute Gasteiger partial charge is 0.307 e. The van der Waals surface area contributed by atoms with E-state index in [2.05, 4.69) is 4.98 Å². The van der Waals surface area contributed by atoms with Gasteiger partial charge in [0.05, 0.1) is 29.6 Å². The van der Waals surface area contributed by atoms with E-state index in [1.165, 1.54) is 11.3 Å². The number of aromatic nitrogens is 1. The van der Waals surface area contributed by atoms with Gasteiger partial charge >= 0.3 is 5.97 Å². The first kappa shape index (κ1) is 14.0. The van der Waals surface area contributed by atoms with E-state index < -0.39 is 11.9 Å². The lowest BCUT2D eigenvalue weighted by molar-refractivity contribution is -0.148. The lowest BCUT2D eigenvalue weighted by atomic mass is 9.95. The predicted molar refractivity (Wildman–Crippen MR) is 71.8 cm³/mol. The molecule has 6 heteroatoms. The minimum absolute atomic E-state index is 0.0577. The van der Waals surface area contributed by atoms with Crippen LogP contribution in [0.15, 0.2) is 5.51 Å². The van der Waals surface area contributed by atoms with Crippen molar-refractivity contribution in [2.24, 2.45) is 11.8 Å². The molecule has 1 aliphatic carbocycles. The Morgan fingerprint density at radius 1 is 1.47 bits per heavy atom. The molecular formula is C13H18N2O3S. The highest BCUT2D eigenvalue weighted by molar-refractivity contribution is 7.09. The van der Waals surface area contributed by atoms with Crippen LogP contribution >= 0.6 is 11.3 Å². The summed E-state index contributed by atoms with van der Waals surface area (Å²) < 4.78 is 0. The number of carboxylic acids is 1. The Labute approximate surface area is 116 Å². The van der Waals surface area contributed by atoms with Gasteiger partial charge in [-0.3, -0.25) is 9.59 Å². The third-order valence-corrected chi connectivity index (χ3v) is 4.67. The van der Waals surface area contributed by atoms with Crippen LogP contribution < -0.4 is 0 Å². The van der Waals surface area contributed by atoms with Crippen LogP contribution in [0.5, 0.6) is 0 Å². The highest BCUT2D eigenvalue weighted by Crippen LogP contribution is 2.33. The fourth-order valence-electron chi connectivity index (χ4n) is 2.61. The molecule has 1 saturated carbocycles. The van der Waals surface area contributed by atoms with Gasteiger partial charge < -0.3 is 10.0 Å². The van der Waals surface area contributed by atoms with Crippen LogP contribution in [0.25, 0.3) is 0 Å². The molecule has 104 valence electrons. The summed E-state index contributed by atoms with van der Waals surface area (Å²) in [5, 5.41) is 9.14. The van der Waals surface area contributed by atoms with Crippen LogP contribution in [0.3, 0.4) is 0 Å². The quantitative estimate of drug-likeness (QED) is 0.915. The molecule has 0 aromatic carbocycles. The van der Waals surface area contributed by atoms with Crippen molar-refractivity contribution in [1.29, 1.82) is 0 Å². The van der Waals surface area contributed by atoms with Gasteiger partial charge in [0.25, 0.3) is 0 Å². The van der Waals surface area contributed by atoms with Crippen LogP contribution in [0.4, 0.5) is 0 Å². The van der Waals surface area contributed by atoms with Crippen molar-refractivity contribution < 1.29 is 14.7 Å². The molecule has 5 nitrogen and oxygen atoms in total. The number of amides is 1. The molecule has 0 saturated heterocycles.